The average Bonchev–Trinajstić information content (AvgIpc) is 2.90. The van der Waals surface area contributed by atoms with E-state index in [0.717, 1.165) is 34.8 Å². The second-order valence-corrected chi connectivity index (χ2v) is 4.46. The van der Waals surface area contributed by atoms with Crippen LogP contribution >= 0.6 is 0 Å². The third kappa shape index (κ3) is 2.60. The molecule has 2 aromatic rings. The molecule has 0 bridgehead atoms. The highest BCUT2D eigenvalue weighted by Gasteiger charge is 2.13. The number of ether oxygens (including phenoxy) is 1. The topological polar surface area (TPSA) is 61.7 Å². The highest BCUT2D eigenvalue weighted by molar-refractivity contribution is 5.61. The number of nitrogens with zero attached hydrogens (tertiary/aromatic N) is 2. The predicted octanol–water partition coefficient (Wildman–Crippen LogP) is 3.41. The third-order valence-electron chi connectivity index (χ3n) is 3.20. The van der Waals surface area contributed by atoms with Crippen LogP contribution in [-0.4, -0.2) is 17.1 Å². The van der Waals surface area contributed by atoms with Crippen molar-refractivity contribution in [1.82, 2.24) is 9.97 Å². The first-order valence-electron chi connectivity index (χ1n) is 6.29. The van der Waals surface area contributed by atoms with Crippen molar-refractivity contribution < 1.29 is 4.74 Å². The van der Waals surface area contributed by atoms with E-state index < -0.39 is 0 Å². The maximum absolute atomic E-state index is 9.05. The van der Waals surface area contributed by atoms with Gasteiger partial charge < -0.3 is 9.72 Å². The molecule has 1 aromatic heterocycles. The van der Waals surface area contributed by atoms with Gasteiger partial charge in [0.2, 0.25) is 0 Å². The summed E-state index contributed by atoms with van der Waals surface area (Å²) in [6.07, 6.45) is 2.53. The first-order chi connectivity index (χ1) is 9.19. The number of nitriles is 1. The number of hydrogen-bond acceptors (Lipinski definition) is 3. The van der Waals surface area contributed by atoms with Gasteiger partial charge in [0.25, 0.3) is 0 Å². The Balaban J connectivity index is 2.33. The molecule has 0 saturated carbocycles. The van der Waals surface area contributed by atoms with Crippen LogP contribution in [0.15, 0.2) is 24.4 Å². The molecule has 1 atom stereocenters. The molecular formula is C15H17N3O. The zero-order valence-corrected chi connectivity index (χ0v) is 11.4. The predicted molar refractivity (Wildman–Crippen MR) is 74.0 cm³/mol. The summed E-state index contributed by atoms with van der Waals surface area (Å²) in [4.78, 5) is 7.52. The van der Waals surface area contributed by atoms with Crippen molar-refractivity contribution in [2.75, 3.05) is 7.11 Å². The fourth-order valence-electron chi connectivity index (χ4n) is 2.05. The fraction of sp³-hybridized carbons (Fsp3) is 0.333. The Labute approximate surface area is 113 Å². The van der Waals surface area contributed by atoms with Crippen molar-refractivity contribution in [1.29, 1.82) is 5.26 Å². The van der Waals surface area contributed by atoms with Crippen LogP contribution in [0.3, 0.4) is 0 Å². The molecule has 4 nitrogen and oxygen atoms in total. The number of H-pyrrole nitrogens is 1. The Kier molecular flexibility index (Phi) is 3.86. The lowest BCUT2D eigenvalue weighted by Crippen LogP contribution is -1.96. The van der Waals surface area contributed by atoms with Crippen LogP contribution < -0.4 is 4.74 Å². The average molecular weight is 255 g/mol. The number of hydrogen-bond donors (Lipinski definition) is 1. The van der Waals surface area contributed by atoms with Gasteiger partial charge in [-0.1, -0.05) is 6.92 Å². The Morgan fingerprint density at radius 1 is 1.47 bits per heavy atom. The Bertz CT molecular complexity index is 610. The number of benzene rings is 1. The molecule has 1 unspecified atom stereocenters. The number of nitrogens with one attached hydrogen (secondary N) is 1. The summed E-state index contributed by atoms with van der Waals surface area (Å²) in [7, 11) is 1.66. The van der Waals surface area contributed by atoms with Crippen molar-refractivity contribution in [3.8, 4) is 23.1 Å². The monoisotopic (exact) mass is 255 g/mol. The molecule has 98 valence electrons. The van der Waals surface area contributed by atoms with E-state index in [1.54, 1.807) is 13.3 Å². The first-order valence-corrected chi connectivity index (χ1v) is 6.29. The molecule has 0 aliphatic carbocycles. The molecule has 0 aliphatic heterocycles. The van der Waals surface area contributed by atoms with E-state index in [2.05, 4.69) is 16.0 Å². The van der Waals surface area contributed by atoms with Gasteiger partial charge in [-0.2, -0.15) is 5.26 Å². The zero-order chi connectivity index (χ0) is 13.8. The van der Waals surface area contributed by atoms with Crippen LogP contribution in [0.1, 0.15) is 30.7 Å². The van der Waals surface area contributed by atoms with E-state index in [0.29, 0.717) is 0 Å². The maximum Gasteiger partial charge on any atom is 0.123 e. The molecule has 0 radical (unpaired) electrons. The molecule has 1 N–H and O–H groups in total. The Morgan fingerprint density at radius 2 is 2.26 bits per heavy atom. The summed E-state index contributed by atoms with van der Waals surface area (Å²) in [6, 6.07) is 8.21. The normalized spacial score (nSPS) is 11.9. The van der Waals surface area contributed by atoms with Crippen molar-refractivity contribution in [2.24, 2.45) is 0 Å². The second-order valence-electron chi connectivity index (χ2n) is 4.46. The fourth-order valence-corrected chi connectivity index (χ4v) is 2.05. The molecule has 1 aromatic carbocycles. The first kappa shape index (κ1) is 13.2. The number of aryl methyl sites for hydroxylation is 1. The minimum Gasteiger partial charge on any atom is -0.496 e. The minimum atomic E-state index is -0.173. The SMILES string of the molecule is CCC(C#N)c1ncc(-c2ccc(OC)c(C)c2)[nH]1. The summed E-state index contributed by atoms with van der Waals surface area (Å²) in [5.74, 6) is 1.42. The largest absolute Gasteiger partial charge is 0.496 e. The van der Waals surface area contributed by atoms with Gasteiger partial charge >= 0.3 is 0 Å². The smallest absolute Gasteiger partial charge is 0.123 e. The molecule has 0 amide bonds. The van der Waals surface area contributed by atoms with Gasteiger partial charge in [0.1, 0.15) is 17.5 Å². The maximum atomic E-state index is 9.05. The van der Waals surface area contributed by atoms with E-state index in [9.17, 15) is 0 Å². The summed E-state index contributed by atoms with van der Waals surface area (Å²) < 4.78 is 5.25. The Morgan fingerprint density at radius 3 is 2.84 bits per heavy atom. The summed E-state index contributed by atoms with van der Waals surface area (Å²) in [6.45, 7) is 3.98. The number of rotatable bonds is 4. The van der Waals surface area contributed by atoms with Crippen LogP contribution in [0.2, 0.25) is 0 Å². The van der Waals surface area contributed by atoms with Gasteiger partial charge in [0.15, 0.2) is 0 Å². The molecule has 0 fully saturated rings. The number of aromatic nitrogens is 2. The van der Waals surface area contributed by atoms with Gasteiger partial charge in [-0.05, 0) is 37.1 Å². The standard InChI is InChI=1S/C15H17N3O/c1-4-11(8-16)15-17-9-13(18-15)12-5-6-14(19-3)10(2)7-12/h5-7,9,11H,4H2,1-3H3,(H,17,18). The summed E-state index contributed by atoms with van der Waals surface area (Å²) >= 11 is 0. The van der Waals surface area contributed by atoms with E-state index >= 15 is 0 Å². The minimum absolute atomic E-state index is 0.173. The van der Waals surface area contributed by atoms with Crippen LogP contribution in [-0.2, 0) is 0 Å². The highest BCUT2D eigenvalue weighted by Crippen LogP contribution is 2.26. The van der Waals surface area contributed by atoms with Crippen molar-refractivity contribution in [2.45, 2.75) is 26.2 Å². The number of methoxy groups -OCH3 is 1. The van der Waals surface area contributed by atoms with E-state index in [-0.39, 0.29) is 5.92 Å². The van der Waals surface area contributed by atoms with Crippen LogP contribution in [0.4, 0.5) is 0 Å². The van der Waals surface area contributed by atoms with Crippen LogP contribution in [0, 0.1) is 18.3 Å². The highest BCUT2D eigenvalue weighted by atomic mass is 16.5. The van der Waals surface area contributed by atoms with Crippen molar-refractivity contribution in [3.05, 3.63) is 35.8 Å². The molecular weight excluding hydrogens is 238 g/mol. The molecule has 2 rings (SSSR count). The Hall–Kier alpha value is -2.28. The lowest BCUT2D eigenvalue weighted by molar-refractivity contribution is 0.412. The molecule has 0 aliphatic rings. The lowest BCUT2D eigenvalue weighted by Gasteiger charge is -2.06. The van der Waals surface area contributed by atoms with Gasteiger partial charge in [0, 0.05) is 5.56 Å². The van der Waals surface area contributed by atoms with Gasteiger partial charge in [-0.25, -0.2) is 4.98 Å². The van der Waals surface area contributed by atoms with Crippen molar-refractivity contribution in [3.63, 3.8) is 0 Å². The van der Waals surface area contributed by atoms with E-state index in [1.165, 1.54) is 0 Å². The molecule has 1 heterocycles. The molecule has 0 saturated heterocycles. The van der Waals surface area contributed by atoms with Gasteiger partial charge in [-0.3, -0.25) is 0 Å². The quantitative estimate of drug-likeness (QED) is 0.910. The van der Waals surface area contributed by atoms with Crippen molar-refractivity contribution >= 4 is 0 Å². The van der Waals surface area contributed by atoms with Crippen LogP contribution in [0.5, 0.6) is 5.75 Å². The van der Waals surface area contributed by atoms with E-state index in [4.69, 9.17) is 10.00 Å². The molecule has 0 spiro atoms. The molecule has 19 heavy (non-hydrogen) atoms. The molecule has 4 heteroatoms. The van der Waals surface area contributed by atoms with Crippen LogP contribution in [0.25, 0.3) is 11.3 Å². The zero-order valence-electron chi connectivity index (χ0n) is 11.4. The van der Waals surface area contributed by atoms with E-state index in [1.807, 2.05) is 32.0 Å². The summed E-state index contributed by atoms with van der Waals surface area (Å²) in [5.41, 5.74) is 3.04. The van der Waals surface area contributed by atoms with Gasteiger partial charge in [0.05, 0.1) is 25.1 Å². The lowest BCUT2D eigenvalue weighted by atomic mass is 10.1. The summed E-state index contributed by atoms with van der Waals surface area (Å²) in [5, 5.41) is 9.05. The van der Waals surface area contributed by atoms with Gasteiger partial charge in [-0.15, -0.1) is 0 Å². The second kappa shape index (κ2) is 5.57. The number of imidazole rings is 1. The third-order valence-corrected chi connectivity index (χ3v) is 3.20. The number of aromatic amines is 1.